The van der Waals surface area contributed by atoms with Crippen molar-refractivity contribution in [2.75, 3.05) is 92.5 Å². The largest absolute Gasteiger partial charge is 0.461 e. The average Bonchev–Trinajstić information content (AvgIpc) is 3.16. The van der Waals surface area contributed by atoms with Crippen LogP contribution >= 0.6 is 0 Å². The lowest BCUT2D eigenvalue weighted by Crippen LogP contribution is -2.43. The van der Waals surface area contributed by atoms with Gasteiger partial charge in [-0.1, -0.05) is 64.5 Å². The standard InChI is InChI=1S/C40H58O13/c1-11-17-45-21-31(7)35(41)50-27-39(15-5,28-51-36(42)32(8)22-46-18-12-2)25-49-26-40(16-6,29-52-37(43)33(9)23-47-19-13-3)30-53-38(44)34(10)24-48-20-14-4/h11-14H,1-4,7-10,15-30H2,5-6H3. The Balaban J connectivity index is 6.15. The Hall–Kier alpha value is -4.40. The van der Waals surface area contributed by atoms with Gasteiger partial charge in [0, 0.05) is 0 Å². The average molecular weight is 747 g/mol. The smallest absolute Gasteiger partial charge is 0.335 e. The molecule has 0 fully saturated rings. The van der Waals surface area contributed by atoms with Crippen molar-refractivity contribution in [1.29, 1.82) is 0 Å². The van der Waals surface area contributed by atoms with Crippen molar-refractivity contribution in [2.24, 2.45) is 10.8 Å². The summed E-state index contributed by atoms with van der Waals surface area (Å²) in [4.78, 5) is 51.2. The molecule has 0 amide bonds. The Morgan fingerprint density at radius 1 is 0.415 bits per heavy atom. The van der Waals surface area contributed by atoms with Gasteiger partial charge in [-0.3, -0.25) is 0 Å². The normalized spacial score (nSPS) is 11.1. The monoisotopic (exact) mass is 746 g/mol. The zero-order valence-corrected chi connectivity index (χ0v) is 31.6. The van der Waals surface area contributed by atoms with E-state index in [0.29, 0.717) is 12.8 Å². The van der Waals surface area contributed by atoms with Gasteiger partial charge in [0.25, 0.3) is 0 Å². The highest BCUT2D eigenvalue weighted by molar-refractivity contribution is 5.89. The molecule has 0 unspecified atom stereocenters. The molecule has 0 bridgehead atoms. The van der Waals surface area contributed by atoms with Crippen molar-refractivity contribution in [1.82, 2.24) is 0 Å². The Morgan fingerprint density at radius 3 is 0.830 bits per heavy atom. The molecule has 0 rings (SSSR count). The summed E-state index contributed by atoms with van der Waals surface area (Å²) in [6.07, 6.45) is 6.78. The van der Waals surface area contributed by atoms with Gasteiger partial charge in [-0.05, 0) is 12.8 Å². The van der Waals surface area contributed by atoms with E-state index in [4.69, 9.17) is 42.6 Å². The maximum atomic E-state index is 12.8. The van der Waals surface area contributed by atoms with Crippen molar-refractivity contribution in [3.8, 4) is 0 Å². The number of carbonyl (C=O) groups excluding carboxylic acids is 4. The zero-order chi connectivity index (χ0) is 40.1. The second-order valence-corrected chi connectivity index (χ2v) is 12.1. The fraction of sp³-hybridized carbons (Fsp3) is 0.500. The fourth-order valence-corrected chi connectivity index (χ4v) is 3.93. The van der Waals surface area contributed by atoms with Crippen LogP contribution in [0.5, 0.6) is 0 Å². The highest BCUT2D eigenvalue weighted by Gasteiger charge is 2.37. The van der Waals surface area contributed by atoms with Crippen LogP contribution in [0, 0.1) is 10.8 Å². The van der Waals surface area contributed by atoms with Crippen molar-refractivity contribution in [3.63, 3.8) is 0 Å². The van der Waals surface area contributed by atoms with Gasteiger partial charge in [-0.2, -0.15) is 0 Å². The minimum atomic E-state index is -1.06. The van der Waals surface area contributed by atoms with Crippen LogP contribution in [-0.4, -0.2) is 116 Å². The van der Waals surface area contributed by atoms with Crippen LogP contribution in [0.1, 0.15) is 26.7 Å². The van der Waals surface area contributed by atoms with Gasteiger partial charge in [0.2, 0.25) is 0 Å². The van der Waals surface area contributed by atoms with Crippen LogP contribution in [0.2, 0.25) is 0 Å². The van der Waals surface area contributed by atoms with E-state index in [0.717, 1.165) is 0 Å². The summed E-state index contributed by atoms with van der Waals surface area (Å²) in [5.74, 6) is -2.85. The molecule has 296 valence electrons. The first-order valence-electron chi connectivity index (χ1n) is 17.0. The van der Waals surface area contributed by atoms with Crippen LogP contribution in [0.15, 0.2) is 99.2 Å². The molecule has 0 saturated heterocycles. The molecule has 0 radical (unpaired) electrons. The number of hydrogen-bond donors (Lipinski definition) is 0. The topological polar surface area (TPSA) is 151 Å². The van der Waals surface area contributed by atoms with E-state index in [1.54, 1.807) is 0 Å². The van der Waals surface area contributed by atoms with Gasteiger partial charge in [0.05, 0.1) is 99.2 Å². The van der Waals surface area contributed by atoms with E-state index in [-0.39, 0.29) is 115 Å². The second kappa shape index (κ2) is 28.1. The van der Waals surface area contributed by atoms with E-state index in [9.17, 15) is 19.2 Å². The third-order valence-corrected chi connectivity index (χ3v) is 7.56. The summed E-state index contributed by atoms with van der Waals surface area (Å²) in [6, 6.07) is 0. The molecule has 0 atom stereocenters. The number of carbonyl (C=O) groups is 4. The number of hydrogen-bond acceptors (Lipinski definition) is 13. The van der Waals surface area contributed by atoms with E-state index in [1.807, 2.05) is 13.8 Å². The molecule has 0 aromatic rings. The highest BCUT2D eigenvalue weighted by Crippen LogP contribution is 2.29. The predicted octanol–water partition coefficient (Wildman–Crippen LogP) is 5.00. The molecule has 0 heterocycles. The van der Waals surface area contributed by atoms with Gasteiger partial charge >= 0.3 is 23.9 Å². The van der Waals surface area contributed by atoms with Gasteiger partial charge in [0.1, 0.15) is 26.4 Å². The number of esters is 4. The zero-order valence-electron chi connectivity index (χ0n) is 31.6. The van der Waals surface area contributed by atoms with E-state index in [1.165, 1.54) is 24.3 Å². The van der Waals surface area contributed by atoms with E-state index in [2.05, 4.69) is 52.6 Å². The first-order valence-corrected chi connectivity index (χ1v) is 17.0. The molecule has 0 aliphatic carbocycles. The maximum absolute atomic E-state index is 12.8. The third kappa shape index (κ3) is 20.4. The van der Waals surface area contributed by atoms with Crippen LogP contribution < -0.4 is 0 Å². The Morgan fingerprint density at radius 2 is 0.642 bits per heavy atom. The first kappa shape index (κ1) is 48.6. The molecular weight excluding hydrogens is 688 g/mol. The van der Waals surface area contributed by atoms with Gasteiger partial charge in [-0.15, -0.1) is 26.3 Å². The molecule has 0 aliphatic heterocycles. The highest BCUT2D eigenvalue weighted by atomic mass is 16.6. The summed E-state index contributed by atoms with van der Waals surface area (Å²) in [5, 5.41) is 0. The second-order valence-electron chi connectivity index (χ2n) is 12.1. The lowest BCUT2D eigenvalue weighted by molar-refractivity contribution is -0.159. The van der Waals surface area contributed by atoms with Crippen molar-refractivity contribution in [2.45, 2.75) is 26.7 Å². The molecule has 13 nitrogen and oxygen atoms in total. The van der Waals surface area contributed by atoms with Crippen LogP contribution in [-0.2, 0) is 61.8 Å². The molecule has 0 saturated carbocycles. The van der Waals surface area contributed by atoms with E-state index < -0.39 is 34.7 Å². The SMILES string of the molecule is C=CCOCC(=C)C(=O)OCC(CC)(COCC(CC)(COC(=O)C(=C)COCC=C)COC(=O)C(=C)COCC=C)COC(=O)C(=C)COCC=C. The Bertz CT molecular complexity index is 1100. The summed E-state index contributed by atoms with van der Waals surface area (Å²) < 4.78 is 49.8. The summed E-state index contributed by atoms with van der Waals surface area (Å²) >= 11 is 0. The molecule has 13 heteroatoms. The molecule has 0 aromatic heterocycles. The Labute approximate surface area is 314 Å². The summed E-state index contributed by atoms with van der Waals surface area (Å²) in [6.45, 7) is 32.2. The van der Waals surface area contributed by atoms with Gasteiger partial charge in [-0.25, -0.2) is 19.2 Å². The minimum absolute atomic E-state index is 0.0732. The van der Waals surface area contributed by atoms with Crippen molar-refractivity contribution < 1.29 is 61.8 Å². The minimum Gasteiger partial charge on any atom is -0.461 e. The van der Waals surface area contributed by atoms with Crippen LogP contribution in [0.25, 0.3) is 0 Å². The van der Waals surface area contributed by atoms with E-state index >= 15 is 0 Å². The lowest BCUT2D eigenvalue weighted by Gasteiger charge is -2.35. The molecule has 53 heavy (non-hydrogen) atoms. The van der Waals surface area contributed by atoms with Gasteiger partial charge in [0.15, 0.2) is 0 Å². The molecule has 0 spiro atoms. The summed E-state index contributed by atoms with van der Waals surface area (Å²) in [5.41, 5.74) is -1.83. The Kier molecular flexibility index (Phi) is 25.8. The lowest BCUT2D eigenvalue weighted by atomic mass is 9.86. The third-order valence-electron chi connectivity index (χ3n) is 7.56. The van der Waals surface area contributed by atoms with Crippen molar-refractivity contribution >= 4 is 23.9 Å². The molecule has 0 N–H and O–H groups in total. The predicted molar refractivity (Wildman–Crippen MR) is 201 cm³/mol. The fourth-order valence-electron chi connectivity index (χ4n) is 3.93. The number of rotatable bonds is 34. The van der Waals surface area contributed by atoms with Crippen molar-refractivity contribution in [3.05, 3.63) is 99.2 Å². The maximum Gasteiger partial charge on any atom is 0.335 e. The molecule has 0 aliphatic rings. The summed E-state index contributed by atoms with van der Waals surface area (Å²) in [7, 11) is 0. The van der Waals surface area contributed by atoms with Crippen LogP contribution in [0.3, 0.4) is 0 Å². The number of ether oxygens (including phenoxy) is 9. The molecule has 0 aromatic carbocycles. The first-order chi connectivity index (χ1) is 25.3. The van der Waals surface area contributed by atoms with Crippen LogP contribution in [0.4, 0.5) is 0 Å². The quantitative estimate of drug-likeness (QED) is 0.0286. The molecular formula is C40H58O13. The van der Waals surface area contributed by atoms with Gasteiger partial charge < -0.3 is 42.6 Å².